The largest absolute Gasteiger partial charge is 0.312 e. The molecular formula is C19H32N2. The van der Waals surface area contributed by atoms with Crippen molar-refractivity contribution in [2.75, 3.05) is 14.1 Å². The minimum absolute atomic E-state index is 0.402. The van der Waals surface area contributed by atoms with Gasteiger partial charge < -0.3 is 5.32 Å². The van der Waals surface area contributed by atoms with Crippen LogP contribution >= 0.6 is 0 Å². The molecule has 0 spiro atoms. The molecule has 2 nitrogen and oxygen atoms in total. The summed E-state index contributed by atoms with van der Waals surface area (Å²) in [6.07, 6.45) is 8.38. The molecule has 0 aromatic heterocycles. The zero-order chi connectivity index (χ0) is 15.2. The van der Waals surface area contributed by atoms with E-state index in [2.05, 4.69) is 62.4 Å². The van der Waals surface area contributed by atoms with Crippen LogP contribution in [0.15, 0.2) is 24.3 Å². The second-order valence-corrected chi connectivity index (χ2v) is 6.73. The van der Waals surface area contributed by atoms with Gasteiger partial charge in [-0.05, 0) is 46.3 Å². The quantitative estimate of drug-likeness (QED) is 0.813. The van der Waals surface area contributed by atoms with Crippen molar-refractivity contribution in [1.29, 1.82) is 0 Å². The van der Waals surface area contributed by atoms with Gasteiger partial charge in [0.25, 0.3) is 0 Å². The highest BCUT2D eigenvalue weighted by atomic mass is 15.2. The molecule has 118 valence electrons. The highest BCUT2D eigenvalue weighted by molar-refractivity contribution is 5.25. The van der Waals surface area contributed by atoms with Gasteiger partial charge >= 0.3 is 0 Å². The molecule has 0 bridgehead atoms. The van der Waals surface area contributed by atoms with E-state index < -0.39 is 0 Å². The zero-order valence-electron chi connectivity index (χ0n) is 14.2. The van der Waals surface area contributed by atoms with E-state index >= 15 is 0 Å². The van der Waals surface area contributed by atoms with E-state index in [1.165, 1.54) is 49.7 Å². The van der Waals surface area contributed by atoms with E-state index in [0.717, 1.165) is 6.04 Å². The second-order valence-electron chi connectivity index (χ2n) is 6.73. The summed E-state index contributed by atoms with van der Waals surface area (Å²) in [5.74, 6) is 0. The van der Waals surface area contributed by atoms with Gasteiger partial charge in [-0.15, -0.1) is 0 Å². The van der Waals surface area contributed by atoms with Gasteiger partial charge in [0.05, 0.1) is 0 Å². The first-order valence-electron chi connectivity index (χ1n) is 8.59. The van der Waals surface area contributed by atoms with Crippen molar-refractivity contribution in [3.63, 3.8) is 0 Å². The molecule has 21 heavy (non-hydrogen) atoms. The van der Waals surface area contributed by atoms with Gasteiger partial charge in [-0.2, -0.15) is 0 Å². The van der Waals surface area contributed by atoms with Gasteiger partial charge in [0.1, 0.15) is 0 Å². The van der Waals surface area contributed by atoms with E-state index in [0.29, 0.717) is 12.1 Å². The average Bonchev–Trinajstić information content (AvgIpc) is 2.78. The van der Waals surface area contributed by atoms with Crippen LogP contribution in [0.4, 0.5) is 0 Å². The Kier molecular flexibility index (Phi) is 6.25. The van der Waals surface area contributed by atoms with Gasteiger partial charge in [0, 0.05) is 18.1 Å². The van der Waals surface area contributed by atoms with E-state index in [1.54, 1.807) is 0 Å². The van der Waals surface area contributed by atoms with Crippen LogP contribution < -0.4 is 5.32 Å². The molecule has 0 saturated heterocycles. The molecule has 1 fully saturated rings. The van der Waals surface area contributed by atoms with Crippen LogP contribution in [0.3, 0.4) is 0 Å². The first-order valence-corrected chi connectivity index (χ1v) is 8.59. The minimum Gasteiger partial charge on any atom is -0.312 e. The predicted molar refractivity (Wildman–Crippen MR) is 91.7 cm³/mol. The molecular weight excluding hydrogens is 256 g/mol. The topological polar surface area (TPSA) is 15.3 Å². The van der Waals surface area contributed by atoms with Crippen molar-refractivity contribution in [1.82, 2.24) is 10.2 Å². The van der Waals surface area contributed by atoms with Crippen LogP contribution in [-0.2, 0) is 0 Å². The Balaban J connectivity index is 2.07. The van der Waals surface area contributed by atoms with Crippen molar-refractivity contribution in [3.05, 3.63) is 35.4 Å². The summed E-state index contributed by atoms with van der Waals surface area (Å²) in [5.41, 5.74) is 2.73. The maximum atomic E-state index is 3.53. The molecule has 1 saturated carbocycles. The van der Waals surface area contributed by atoms with Gasteiger partial charge in [-0.3, -0.25) is 4.90 Å². The molecule has 1 N–H and O–H groups in total. The van der Waals surface area contributed by atoms with Gasteiger partial charge in [0.2, 0.25) is 0 Å². The Morgan fingerprint density at radius 3 is 2.14 bits per heavy atom. The Morgan fingerprint density at radius 2 is 1.62 bits per heavy atom. The summed E-state index contributed by atoms with van der Waals surface area (Å²) in [6, 6.07) is 10.7. The monoisotopic (exact) mass is 288 g/mol. The van der Waals surface area contributed by atoms with Crippen molar-refractivity contribution in [2.45, 2.75) is 70.5 Å². The fraction of sp³-hybridized carbons (Fsp3) is 0.684. The lowest BCUT2D eigenvalue weighted by molar-refractivity contribution is 0.139. The lowest BCUT2D eigenvalue weighted by atomic mass is 9.96. The first-order chi connectivity index (χ1) is 10.1. The predicted octanol–water partition coefficient (Wildman–Crippen LogP) is 4.30. The third-order valence-electron chi connectivity index (χ3n) is 5.27. The van der Waals surface area contributed by atoms with E-state index in [4.69, 9.17) is 0 Å². The van der Waals surface area contributed by atoms with Crippen molar-refractivity contribution < 1.29 is 0 Å². The number of benzene rings is 1. The summed E-state index contributed by atoms with van der Waals surface area (Å²) in [4.78, 5) is 2.62. The Labute approximate surface area is 130 Å². The number of rotatable bonds is 5. The molecule has 0 radical (unpaired) electrons. The van der Waals surface area contributed by atoms with Crippen LogP contribution in [0.1, 0.15) is 62.6 Å². The normalized spacial score (nSPS) is 20.2. The van der Waals surface area contributed by atoms with E-state index in [9.17, 15) is 0 Å². The van der Waals surface area contributed by atoms with Gasteiger partial charge in [-0.1, -0.05) is 55.5 Å². The lowest BCUT2D eigenvalue weighted by Gasteiger charge is -2.37. The molecule has 2 heteroatoms. The van der Waals surface area contributed by atoms with Crippen molar-refractivity contribution >= 4 is 0 Å². The second kappa shape index (κ2) is 7.95. The smallest absolute Gasteiger partial charge is 0.0473 e. The lowest BCUT2D eigenvalue weighted by Crippen LogP contribution is -2.45. The number of nitrogens with zero attached hydrogens (tertiary/aromatic N) is 1. The first kappa shape index (κ1) is 16.5. The average molecular weight is 288 g/mol. The number of hydrogen-bond donors (Lipinski definition) is 1. The molecule has 1 aliphatic carbocycles. The number of likely N-dealkylation sites (N-methyl/N-ethyl adjacent to an activating group) is 2. The number of aryl methyl sites for hydroxylation is 1. The molecule has 0 heterocycles. The van der Waals surface area contributed by atoms with Gasteiger partial charge in [0.15, 0.2) is 0 Å². The van der Waals surface area contributed by atoms with E-state index in [1.807, 2.05) is 0 Å². The Morgan fingerprint density at radius 1 is 1.05 bits per heavy atom. The fourth-order valence-electron chi connectivity index (χ4n) is 3.69. The summed E-state index contributed by atoms with van der Waals surface area (Å²) >= 11 is 0. The van der Waals surface area contributed by atoms with E-state index in [-0.39, 0.29) is 0 Å². The van der Waals surface area contributed by atoms with Crippen LogP contribution in [0, 0.1) is 6.92 Å². The molecule has 1 aromatic rings. The molecule has 2 atom stereocenters. The Bertz CT molecular complexity index is 404. The highest BCUT2D eigenvalue weighted by Crippen LogP contribution is 2.27. The van der Waals surface area contributed by atoms with Crippen LogP contribution in [-0.4, -0.2) is 31.1 Å². The number of nitrogens with one attached hydrogen (secondary N) is 1. The van der Waals surface area contributed by atoms with Crippen LogP contribution in [0.2, 0.25) is 0 Å². The zero-order valence-corrected chi connectivity index (χ0v) is 14.2. The Hall–Kier alpha value is -0.860. The highest BCUT2D eigenvalue weighted by Gasteiger charge is 2.26. The van der Waals surface area contributed by atoms with Gasteiger partial charge in [-0.25, -0.2) is 0 Å². The van der Waals surface area contributed by atoms with Crippen molar-refractivity contribution in [3.8, 4) is 0 Å². The standard InChI is InChI=1S/C19H32N2/c1-15-11-13-17(14-12-15)19(20-3)16(2)21(4)18-9-7-5-6-8-10-18/h11-14,16,18-20H,5-10H2,1-4H3. The molecule has 2 rings (SSSR count). The molecule has 1 aromatic carbocycles. The summed E-state index contributed by atoms with van der Waals surface area (Å²) in [5, 5.41) is 3.53. The molecule has 0 aliphatic heterocycles. The van der Waals surface area contributed by atoms with Crippen molar-refractivity contribution in [2.24, 2.45) is 0 Å². The summed E-state index contributed by atoms with van der Waals surface area (Å²) < 4.78 is 0. The van der Waals surface area contributed by atoms with Crippen LogP contribution in [0.5, 0.6) is 0 Å². The minimum atomic E-state index is 0.402. The molecule has 1 aliphatic rings. The number of hydrogen-bond acceptors (Lipinski definition) is 2. The fourth-order valence-corrected chi connectivity index (χ4v) is 3.69. The third-order valence-corrected chi connectivity index (χ3v) is 5.27. The van der Waals surface area contributed by atoms with Crippen LogP contribution in [0.25, 0.3) is 0 Å². The third kappa shape index (κ3) is 4.31. The SMILES string of the molecule is CNC(c1ccc(C)cc1)C(C)N(C)C1CCCCCC1. The molecule has 2 unspecified atom stereocenters. The summed E-state index contributed by atoms with van der Waals surface area (Å²) in [6.45, 7) is 4.52. The summed E-state index contributed by atoms with van der Waals surface area (Å²) in [7, 11) is 4.40. The maximum Gasteiger partial charge on any atom is 0.0473 e. The molecule has 0 amide bonds. The maximum absolute atomic E-state index is 3.53.